The normalized spacial score (nSPS) is 23.0. The average molecular weight is 319 g/mol. The molecule has 1 saturated carbocycles. The molecule has 4 rings (SSSR count). The van der Waals surface area contributed by atoms with Gasteiger partial charge in [0.15, 0.2) is 5.82 Å². The van der Waals surface area contributed by atoms with Gasteiger partial charge in [0.25, 0.3) is 0 Å². The van der Waals surface area contributed by atoms with Crippen LogP contribution in [0, 0.1) is 0 Å². The summed E-state index contributed by atoms with van der Waals surface area (Å²) in [5.41, 5.74) is 0. The van der Waals surface area contributed by atoms with Crippen molar-refractivity contribution in [1.29, 1.82) is 0 Å². The summed E-state index contributed by atoms with van der Waals surface area (Å²) in [6.07, 6.45) is 2.97. The zero-order valence-electron chi connectivity index (χ0n) is 12.1. The molecule has 1 atom stereocenters. The van der Waals surface area contributed by atoms with Crippen LogP contribution in [-0.2, 0) is 10.0 Å². The van der Waals surface area contributed by atoms with Crippen molar-refractivity contribution in [3.63, 3.8) is 0 Å². The Labute approximate surface area is 129 Å². The molecule has 6 nitrogen and oxygen atoms in total. The van der Waals surface area contributed by atoms with Crippen molar-refractivity contribution in [2.45, 2.75) is 36.0 Å². The highest BCUT2D eigenvalue weighted by Crippen LogP contribution is 2.39. The van der Waals surface area contributed by atoms with Crippen LogP contribution in [0.4, 0.5) is 0 Å². The first kappa shape index (κ1) is 13.9. The first-order valence-corrected chi connectivity index (χ1v) is 8.97. The summed E-state index contributed by atoms with van der Waals surface area (Å²) in [5.74, 6) is 1.80. The van der Waals surface area contributed by atoms with E-state index in [2.05, 4.69) is 10.1 Å². The monoisotopic (exact) mass is 319 g/mol. The lowest BCUT2D eigenvalue weighted by atomic mass is 10.1. The lowest BCUT2D eigenvalue weighted by Gasteiger charge is -2.15. The Morgan fingerprint density at radius 1 is 1.09 bits per heavy atom. The fourth-order valence-corrected chi connectivity index (χ4v) is 4.33. The number of aromatic nitrogens is 2. The van der Waals surface area contributed by atoms with Crippen LogP contribution in [0.25, 0.3) is 0 Å². The van der Waals surface area contributed by atoms with Crippen molar-refractivity contribution in [3.05, 3.63) is 42.0 Å². The first-order chi connectivity index (χ1) is 10.6. The molecule has 0 amide bonds. The molecule has 0 radical (unpaired) electrons. The quantitative estimate of drug-likeness (QED) is 0.863. The average Bonchev–Trinajstić information content (AvgIpc) is 3.06. The van der Waals surface area contributed by atoms with Crippen molar-refractivity contribution in [2.24, 2.45) is 0 Å². The summed E-state index contributed by atoms with van der Waals surface area (Å²) in [7, 11) is -3.43. The summed E-state index contributed by atoms with van der Waals surface area (Å²) in [4.78, 5) is 4.78. The minimum atomic E-state index is -3.43. The van der Waals surface area contributed by atoms with E-state index in [9.17, 15) is 8.42 Å². The van der Waals surface area contributed by atoms with Crippen LogP contribution < -0.4 is 0 Å². The van der Waals surface area contributed by atoms with Crippen molar-refractivity contribution in [1.82, 2.24) is 14.4 Å². The number of hydrogen-bond donors (Lipinski definition) is 0. The molecule has 1 saturated heterocycles. The van der Waals surface area contributed by atoms with Crippen LogP contribution in [-0.4, -0.2) is 36.0 Å². The Morgan fingerprint density at radius 2 is 1.86 bits per heavy atom. The van der Waals surface area contributed by atoms with E-state index in [4.69, 9.17) is 4.52 Å². The van der Waals surface area contributed by atoms with Gasteiger partial charge < -0.3 is 4.52 Å². The minimum Gasteiger partial charge on any atom is -0.339 e. The SMILES string of the molecule is O=S(=O)(c1ccccc1)N1CCC(c2nc(C3CC3)no2)C1. The second kappa shape index (κ2) is 5.17. The maximum absolute atomic E-state index is 12.6. The van der Waals surface area contributed by atoms with Crippen molar-refractivity contribution >= 4 is 10.0 Å². The number of nitrogens with zero attached hydrogens (tertiary/aromatic N) is 3. The van der Waals surface area contributed by atoms with Gasteiger partial charge in [-0.25, -0.2) is 8.42 Å². The van der Waals surface area contributed by atoms with Crippen molar-refractivity contribution < 1.29 is 12.9 Å². The van der Waals surface area contributed by atoms with Gasteiger partial charge in [-0.15, -0.1) is 0 Å². The van der Waals surface area contributed by atoms with E-state index in [0.717, 1.165) is 25.1 Å². The molecule has 2 heterocycles. The van der Waals surface area contributed by atoms with E-state index in [1.54, 1.807) is 24.3 Å². The number of rotatable bonds is 4. The predicted octanol–water partition coefficient (Wildman–Crippen LogP) is 2.13. The third-order valence-electron chi connectivity index (χ3n) is 4.28. The molecule has 0 spiro atoms. The highest BCUT2D eigenvalue weighted by atomic mass is 32.2. The van der Waals surface area contributed by atoms with E-state index in [1.165, 1.54) is 4.31 Å². The Kier molecular flexibility index (Phi) is 3.27. The Hall–Kier alpha value is -1.73. The third-order valence-corrected chi connectivity index (χ3v) is 6.16. The molecule has 1 unspecified atom stereocenters. The summed E-state index contributed by atoms with van der Waals surface area (Å²) < 4.78 is 32.0. The Morgan fingerprint density at radius 3 is 2.59 bits per heavy atom. The number of benzene rings is 1. The lowest BCUT2D eigenvalue weighted by molar-refractivity contribution is 0.350. The van der Waals surface area contributed by atoms with Gasteiger partial charge in [-0.05, 0) is 31.4 Å². The molecular weight excluding hydrogens is 302 g/mol. The van der Waals surface area contributed by atoms with Gasteiger partial charge in [0.05, 0.1) is 10.8 Å². The second-order valence-corrected chi connectivity index (χ2v) is 7.86. The molecule has 1 aromatic heterocycles. The van der Waals surface area contributed by atoms with Crippen molar-refractivity contribution in [3.8, 4) is 0 Å². The molecule has 2 aromatic rings. The zero-order chi connectivity index (χ0) is 15.2. The molecule has 2 fully saturated rings. The largest absolute Gasteiger partial charge is 0.339 e. The van der Waals surface area contributed by atoms with Crippen LogP contribution in [0.1, 0.15) is 42.8 Å². The van der Waals surface area contributed by atoms with Gasteiger partial charge in [-0.2, -0.15) is 9.29 Å². The summed E-state index contributed by atoms with van der Waals surface area (Å²) in [6.45, 7) is 0.895. The molecule has 22 heavy (non-hydrogen) atoms. The summed E-state index contributed by atoms with van der Waals surface area (Å²) >= 11 is 0. The van der Waals surface area contributed by atoms with Crippen LogP contribution in [0.15, 0.2) is 39.8 Å². The van der Waals surface area contributed by atoms with Gasteiger partial charge in [-0.1, -0.05) is 23.4 Å². The van der Waals surface area contributed by atoms with Crippen LogP contribution in [0.5, 0.6) is 0 Å². The summed E-state index contributed by atoms with van der Waals surface area (Å²) in [5, 5.41) is 4.01. The van der Waals surface area contributed by atoms with Gasteiger partial charge >= 0.3 is 0 Å². The maximum Gasteiger partial charge on any atom is 0.243 e. The molecule has 1 aromatic carbocycles. The molecule has 0 bridgehead atoms. The molecular formula is C15H17N3O3S. The topological polar surface area (TPSA) is 76.3 Å². The fraction of sp³-hybridized carbons (Fsp3) is 0.467. The number of hydrogen-bond acceptors (Lipinski definition) is 5. The van der Waals surface area contributed by atoms with E-state index >= 15 is 0 Å². The molecule has 1 aliphatic heterocycles. The van der Waals surface area contributed by atoms with Crippen molar-refractivity contribution in [2.75, 3.05) is 13.1 Å². The van der Waals surface area contributed by atoms with Crippen LogP contribution >= 0.6 is 0 Å². The highest BCUT2D eigenvalue weighted by molar-refractivity contribution is 7.89. The zero-order valence-corrected chi connectivity index (χ0v) is 12.9. The number of sulfonamides is 1. The lowest BCUT2D eigenvalue weighted by Crippen LogP contribution is -2.28. The molecule has 1 aliphatic carbocycles. The molecule has 2 aliphatic rings. The minimum absolute atomic E-state index is 0.00140. The van der Waals surface area contributed by atoms with E-state index in [0.29, 0.717) is 29.8 Å². The first-order valence-electron chi connectivity index (χ1n) is 7.53. The standard InChI is InChI=1S/C15H17N3O3S/c19-22(20,13-4-2-1-3-5-13)18-9-8-12(10-18)15-16-14(17-21-15)11-6-7-11/h1-5,11-12H,6-10H2. The summed E-state index contributed by atoms with van der Waals surface area (Å²) in [6, 6.07) is 8.53. The molecule has 0 N–H and O–H groups in total. The van der Waals surface area contributed by atoms with Crippen LogP contribution in [0.3, 0.4) is 0 Å². The fourth-order valence-electron chi connectivity index (χ4n) is 2.81. The van der Waals surface area contributed by atoms with Gasteiger partial charge in [0.1, 0.15) is 0 Å². The molecule has 7 heteroatoms. The van der Waals surface area contributed by atoms with Gasteiger partial charge in [0, 0.05) is 19.0 Å². The predicted molar refractivity (Wildman–Crippen MR) is 78.8 cm³/mol. The van der Waals surface area contributed by atoms with Gasteiger partial charge in [-0.3, -0.25) is 0 Å². The molecule has 116 valence electrons. The van der Waals surface area contributed by atoms with E-state index < -0.39 is 10.0 Å². The maximum atomic E-state index is 12.6. The Bertz CT molecular complexity index is 768. The highest BCUT2D eigenvalue weighted by Gasteiger charge is 2.37. The smallest absolute Gasteiger partial charge is 0.243 e. The van der Waals surface area contributed by atoms with E-state index in [1.807, 2.05) is 6.07 Å². The third kappa shape index (κ3) is 2.44. The van der Waals surface area contributed by atoms with Gasteiger partial charge in [0.2, 0.25) is 15.9 Å². The second-order valence-electron chi connectivity index (χ2n) is 5.93. The Balaban J connectivity index is 1.52. The van der Waals surface area contributed by atoms with Crippen LogP contribution in [0.2, 0.25) is 0 Å². The van der Waals surface area contributed by atoms with E-state index in [-0.39, 0.29) is 5.92 Å².